The molecule has 1 heterocycles. The Morgan fingerprint density at radius 3 is 2.79 bits per heavy atom. The number of nitrogens with one attached hydrogen (secondary N) is 1. The topological polar surface area (TPSA) is 21.3 Å². The third-order valence-electron chi connectivity index (χ3n) is 3.25. The van der Waals surface area contributed by atoms with E-state index in [2.05, 4.69) is 17.4 Å². The number of hydrogen-bond donors (Lipinski definition) is 1. The van der Waals surface area contributed by atoms with Gasteiger partial charge < -0.3 is 10.1 Å². The zero-order chi connectivity index (χ0) is 13.2. The van der Waals surface area contributed by atoms with Gasteiger partial charge in [0.15, 0.2) is 0 Å². The third kappa shape index (κ3) is 2.57. The summed E-state index contributed by atoms with van der Waals surface area (Å²) in [6.07, 6.45) is 0. The fourth-order valence-electron chi connectivity index (χ4n) is 2.30. The summed E-state index contributed by atoms with van der Waals surface area (Å²) in [5.74, 6) is 0. The number of rotatable bonds is 2. The molecule has 98 valence electrons. The Morgan fingerprint density at radius 1 is 1.05 bits per heavy atom. The van der Waals surface area contributed by atoms with Gasteiger partial charge in [0.05, 0.1) is 35.0 Å². The van der Waals surface area contributed by atoms with Gasteiger partial charge in [-0.2, -0.15) is 0 Å². The summed E-state index contributed by atoms with van der Waals surface area (Å²) in [6.45, 7) is 1.29. The van der Waals surface area contributed by atoms with Crippen LogP contribution in [0.3, 0.4) is 0 Å². The van der Waals surface area contributed by atoms with Crippen molar-refractivity contribution in [2.75, 3.05) is 11.9 Å². The molecule has 0 spiro atoms. The van der Waals surface area contributed by atoms with Crippen molar-refractivity contribution in [3.8, 4) is 0 Å². The van der Waals surface area contributed by atoms with Gasteiger partial charge in [-0.25, -0.2) is 0 Å². The summed E-state index contributed by atoms with van der Waals surface area (Å²) in [5, 5.41) is 4.51. The maximum atomic E-state index is 6.20. The first-order chi connectivity index (χ1) is 9.25. The summed E-state index contributed by atoms with van der Waals surface area (Å²) in [4.78, 5) is 0. The second kappa shape index (κ2) is 5.41. The van der Waals surface area contributed by atoms with Crippen LogP contribution in [0.25, 0.3) is 0 Å². The van der Waals surface area contributed by atoms with Crippen molar-refractivity contribution in [2.24, 2.45) is 0 Å². The number of anilines is 1. The molecule has 1 N–H and O–H groups in total. The molecule has 1 aliphatic heterocycles. The molecule has 0 aliphatic carbocycles. The minimum Gasteiger partial charge on any atom is -0.375 e. The summed E-state index contributed by atoms with van der Waals surface area (Å²) in [6, 6.07) is 13.9. The summed E-state index contributed by atoms with van der Waals surface area (Å²) in [5.41, 5.74) is 3.30. The monoisotopic (exact) mass is 293 g/mol. The molecular weight excluding hydrogens is 281 g/mol. The van der Waals surface area contributed by atoms with Gasteiger partial charge in [0, 0.05) is 0 Å². The first-order valence-electron chi connectivity index (χ1n) is 6.12. The summed E-state index contributed by atoms with van der Waals surface area (Å²) < 4.78 is 5.61. The molecule has 0 saturated heterocycles. The van der Waals surface area contributed by atoms with Crippen LogP contribution in [0.1, 0.15) is 17.2 Å². The maximum Gasteiger partial charge on any atom is 0.0823 e. The second-order valence-corrected chi connectivity index (χ2v) is 5.30. The number of ether oxygens (including phenoxy) is 1. The molecular formula is C15H13Cl2NO. The smallest absolute Gasteiger partial charge is 0.0823 e. The Bertz CT molecular complexity index is 600. The maximum absolute atomic E-state index is 6.20. The molecule has 0 aromatic heterocycles. The van der Waals surface area contributed by atoms with E-state index in [-0.39, 0.29) is 6.04 Å². The van der Waals surface area contributed by atoms with Crippen molar-refractivity contribution in [1.82, 2.24) is 0 Å². The van der Waals surface area contributed by atoms with Crippen molar-refractivity contribution in [2.45, 2.75) is 12.6 Å². The van der Waals surface area contributed by atoms with Crippen LogP contribution in [0.5, 0.6) is 0 Å². The Morgan fingerprint density at radius 2 is 1.89 bits per heavy atom. The van der Waals surface area contributed by atoms with Crippen LogP contribution in [-0.2, 0) is 11.3 Å². The lowest BCUT2D eigenvalue weighted by molar-refractivity contribution is 0.0970. The zero-order valence-corrected chi connectivity index (χ0v) is 11.7. The molecule has 4 heteroatoms. The van der Waals surface area contributed by atoms with Gasteiger partial charge in [-0.3, -0.25) is 0 Å². The zero-order valence-electron chi connectivity index (χ0n) is 10.2. The van der Waals surface area contributed by atoms with E-state index in [0.717, 1.165) is 5.69 Å². The van der Waals surface area contributed by atoms with Crippen molar-refractivity contribution in [3.63, 3.8) is 0 Å². The molecule has 0 bridgehead atoms. The van der Waals surface area contributed by atoms with E-state index in [1.54, 1.807) is 6.07 Å². The Labute approximate surface area is 122 Å². The van der Waals surface area contributed by atoms with Gasteiger partial charge in [0.2, 0.25) is 0 Å². The third-order valence-corrected chi connectivity index (χ3v) is 4.07. The van der Waals surface area contributed by atoms with Crippen molar-refractivity contribution in [3.05, 3.63) is 63.6 Å². The van der Waals surface area contributed by atoms with Crippen LogP contribution in [-0.4, -0.2) is 6.61 Å². The number of halogens is 2. The first-order valence-corrected chi connectivity index (χ1v) is 6.87. The fourth-order valence-corrected chi connectivity index (χ4v) is 2.66. The van der Waals surface area contributed by atoms with Crippen molar-refractivity contribution in [1.29, 1.82) is 0 Å². The van der Waals surface area contributed by atoms with Crippen molar-refractivity contribution >= 4 is 28.9 Å². The van der Waals surface area contributed by atoms with Gasteiger partial charge in [0.25, 0.3) is 0 Å². The molecule has 19 heavy (non-hydrogen) atoms. The molecule has 2 aromatic rings. The molecule has 0 saturated carbocycles. The lowest BCUT2D eigenvalue weighted by Gasteiger charge is -2.27. The van der Waals surface area contributed by atoms with Crippen LogP contribution in [0, 0.1) is 0 Å². The Balaban J connectivity index is 1.91. The quantitative estimate of drug-likeness (QED) is 0.868. The molecule has 0 fully saturated rings. The molecule has 0 radical (unpaired) electrons. The van der Waals surface area contributed by atoms with Crippen LogP contribution < -0.4 is 5.32 Å². The number of hydrogen-bond acceptors (Lipinski definition) is 2. The highest BCUT2D eigenvalue weighted by atomic mass is 35.5. The first kappa shape index (κ1) is 12.8. The SMILES string of the molecule is Clc1cccc(NC2COCc3ccccc32)c1Cl. The van der Waals surface area contributed by atoms with E-state index in [1.807, 2.05) is 24.3 Å². The summed E-state index contributed by atoms with van der Waals surface area (Å²) >= 11 is 12.2. The second-order valence-electron chi connectivity index (χ2n) is 4.51. The number of benzene rings is 2. The standard InChI is InChI=1S/C15H13Cl2NO/c16-12-6-3-7-13(15(12)17)18-14-9-19-8-10-4-1-2-5-11(10)14/h1-7,14,18H,8-9H2. The normalized spacial score (nSPS) is 17.9. The molecule has 3 rings (SSSR count). The van der Waals surface area contributed by atoms with Crippen LogP contribution in [0.2, 0.25) is 10.0 Å². The largest absolute Gasteiger partial charge is 0.375 e. The van der Waals surface area contributed by atoms with Crippen molar-refractivity contribution < 1.29 is 4.74 Å². The molecule has 2 aromatic carbocycles. The minimum atomic E-state index is 0.0981. The highest BCUT2D eigenvalue weighted by Crippen LogP contribution is 2.34. The average Bonchev–Trinajstić information content (AvgIpc) is 2.44. The number of fused-ring (bicyclic) bond motifs is 1. The Hall–Kier alpha value is -1.22. The molecule has 1 atom stereocenters. The Kier molecular flexibility index (Phi) is 3.65. The molecule has 0 amide bonds. The van der Waals surface area contributed by atoms with Crippen LogP contribution in [0.4, 0.5) is 5.69 Å². The molecule has 2 nitrogen and oxygen atoms in total. The van der Waals surface area contributed by atoms with E-state index >= 15 is 0 Å². The van der Waals surface area contributed by atoms with E-state index in [0.29, 0.717) is 23.3 Å². The van der Waals surface area contributed by atoms with E-state index < -0.39 is 0 Å². The fraction of sp³-hybridized carbons (Fsp3) is 0.200. The van der Waals surface area contributed by atoms with Gasteiger partial charge in [0.1, 0.15) is 0 Å². The molecule has 1 aliphatic rings. The lowest BCUT2D eigenvalue weighted by atomic mass is 9.99. The van der Waals surface area contributed by atoms with Crippen LogP contribution in [0.15, 0.2) is 42.5 Å². The van der Waals surface area contributed by atoms with Gasteiger partial charge in [-0.05, 0) is 23.3 Å². The van der Waals surface area contributed by atoms with Gasteiger partial charge >= 0.3 is 0 Å². The predicted molar refractivity (Wildman–Crippen MR) is 78.9 cm³/mol. The summed E-state index contributed by atoms with van der Waals surface area (Å²) in [7, 11) is 0. The lowest BCUT2D eigenvalue weighted by Crippen LogP contribution is -2.23. The predicted octanol–water partition coefficient (Wildman–Crippen LogP) is 4.68. The van der Waals surface area contributed by atoms with Crippen LogP contribution >= 0.6 is 23.2 Å². The highest BCUT2D eigenvalue weighted by Gasteiger charge is 2.21. The van der Waals surface area contributed by atoms with Gasteiger partial charge in [-0.1, -0.05) is 53.5 Å². The average molecular weight is 294 g/mol. The highest BCUT2D eigenvalue weighted by molar-refractivity contribution is 6.43. The minimum absolute atomic E-state index is 0.0981. The molecule has 1 unspecified atom stereocenters. The van der Waals surface area contributed by atoms with E-state index in [4.69, 9.17) is 27.9 Å². The van der Waals surface area contributed by atoms with E-state index in [9.17, 15) is 0 Å². The van der Waals surface area contributed by atoms with E-state index in [1.165, 1.54) is 11.1 Å². The van der Waals surface area contributed by atoms with Gasteiger partial charge in [-0.15, -0.1) is 0 Å².